The van der Waals surface area contributed by atoms with Gasteiger partial charge in [-0.25, -0.2) is 13.1 Å². The predicted octanol–water partition coefficient (Wildman–Crippen LogP) is 0.489. The van der Waals surface area contributed by atoms with Crippen molar-refractivity contribution in [2.24, 2.45) is 0 Å². The second-order valence-corrected chi connectivity index (χ2v) is 6.66. The number of methoxy groups -OCH3 is 2. The van der Waals surface area contributed by atoms with Gasteiger partial charge in [0.15, 0.2) is 0 Å². The smallest absolute Gasteiger partial charge is 0.242 e. The van der Waals surface area contributed by atoms with E-state index in [0.717, 1.165) is 0 Å². The molecule has 0 saturated heterocycles. The average Bonchev–Trinajstić information content (AvgIpc) is 2.76. The molecule has 1 rings (SSSR count). The lowest BCUT2D eigenvalue weighted by molar-refractivity contribution is 0.0320. The van der Waals surface area contributed by atoms with Gasteiger partial charge in [-0.3, -0.25) is 0 Å². The molecule has 2 N–H and O–H groups in total. The van der Waals surface area contributed by atoms with Gasteiger partial charge in [0.2, 0.25) is 10.0 Å². The van der Waals surface area contributed by atoms with Crippen LogP contribution in [0.25, 0.3) is 0 Å². The predicted molar refractivity (Wildman–Crippen MR) is 72.8 cm³/mol. The highest BCUT2D eigenvalue weighted by Gasteiger charge is 2.23. The van der Waals surface area contributed by atoms with Crippen LogP contribution in [-0.2, 0) is 26.1 Å². The minimum absolute atomic E-state index is 0.118. The summed E-state index contributed by atoms with van der Waals surface area (Å²) in [7, 11) is -0.635. The molecule has 0 bridgehead atoms. The van der Waals surface area contributed by atoms with Gasteiger partial charge < -0.3 is 14.6 Å². The average molecular weight is 309 g/mol. The van der Waals surface area contributed by atoms with Gasteiger partial charge in [-0.15, -0.1) is 11.3 Å². The van der Waals surface area contributed by atoms with Crippen molar-refractivity contribution in [1.29, 1.82) is 0 Å². The summed E-state index contributed by atoms with van der Waals surface area (Å²) < 4.78 is 36.9. The molecule has 1 aromatic heterocycles. The molecule has 0 aromatic carbocycles. The van der Waals surface area contributed by atoms with Crippen LogP contribution in [0.4, 0.5) is 0 Å². The topological polar surface area (TPSA) is 84.9 Å². The maximum Gasteiger partial charge on any atom is 0.242 e. The van der Waals surface area contributed by atoms with Gasteiger partial charge >= 0.3 is 0 Å². The van der Waals surface area contributed by atoms with E-state index < -0.39 is 10.0 Å². The normalized spacial score (nSPS) is 13.7. The molecule has 1 atom stereocenters. The quantitative estimate of drug-likeness (QED) is 0.730. The number of sulfonamides is 1. The van der Waals surface area contributed by atoms with Crippen LogP contribution in [0.1, 0.15) is 10.4 Å². The van der Waals surface area contributed by atoms with Crippen LogP contribution in [0.5, 0.6) is 0 Å². The third kappa shape index (κ3) is 4.23. The van der Waals surface area contributed by atoms with E-state index in [4.69, 9.17) is 9.47 Å². The van der Waals surface area contributed by atoms with Crippen molar-refractivity contribution in [3.8, 4) is 0 Å². The molecule has 0 aliphatic carbocycles. The lowest BCUT2D eigenvalue weighted by Crippen LogP contribution is -2.36. The third-order valence-electron chi connectivity index (χ3n) is 2.59. The van der Waals surface area contributed by atoms with Crippen LogP contribution in [0, 0.1) is 6.92 Å². The highest BCUT2D eigenvalue weighted by atomic mass is 32.2. The van der Waals surface area contributed by atoms with E-state index in [1.54, 1.807) is 12.3 Å². The van der Waals surface area contributed by atoms with Crippen molar-refractivity contribution >= 4 is 21.4 Å². The van der Waals surface area contributed by atoms with Gasteiger partial charge in [-0.1, -0.05) is 0 Å². The van der Waals surface area contributed by atoms with E-state index in [1.807, 2.05) is 0 Å². The maximum atomic E-state index is 12.2. The lowest BCUT2D eigenvalue weighted by atomic mass is 10.3. The first-order chi connectivity index (χ1) is 8.96. The van der Waals surface area contributed by atoms with Crippen molar-refractivity contribution in [3.05, 3.63) is 15.8 Å². The Morgan fingerprint density at radius 2 is 2.16 bits per heavy atom. The van der Waals surface area contributed by atoms with Crippen molar-refractivity contribution in [2.75, 3.05) is 27.4 Å². The van der Waals surface area contributed by atoms with Crippen LogP contribution in [0.2, 0.25) is 0 Å². The Kier molecular flexibility index (Phi) is 6.37. The van der Waals surface area contributed by atoms with Gasteiger partial charge in [0, 0.05) is 20.8 Å². The van der Waals surface area contributed by atoms with E-state index in [0.29, 0.717) is 17.0 Å². The zero-order valence-electron chi connectivity index (χ0n) is 11.2. The monoisotopic (exact) mass is 309 g/mol. The molecule has 0 saturated carbocycles. The number of aliphatic hydroxyl groups excluding tert-OH is 1. The van der Waals surface area contributed by atoms with E-state index in [9.17, 15) is 13.5 Å². The Labute approximate surface area is 117 Å². The van der Waals surface area contributed by atoms with E-state index in [2.05, 4.69) is 4.72 Å². The number of hydrogen-bond acceptors (Lipinski definition) is 6. The summed E-state index contributed by atoms with van der Waals surface area (Å²) in [5.74, 6) is 0. The summed E-state index contributed by atoms with van der Waals surface area (Å²) in [4.78, 5) is 0.595. The molecule has 0 spiro atoms. The molecule has 0 aliphatic rings. The summed E-state index contributed by atoms with van der Waals surface area (Å²) in [6.45, 7) is 1.83. The molecule has 1 aromatic rings. The summed E-state index contributed by atoms with van der Waals surface area (Å²) >= 11 is 1.23. The van der Waals surface area contributed by atoms with Crippen molar-refractivity contribution < 1.29 is 23.0 Å². The van der Waals surface area contributed by atoms with Crippen LogP contribution in [-0.4, -0.2) is 47.0 Å². The summed E-state index contributed by atoms with van der Waals surface area (Å²) in [5, 5.41) is 10.9. The van der Waals surface area contributed by atoms with Crippen LogP contribution < -0.4 is 4.72 Å². The zero-order chi connectivity index (χ0) is 14.5. The molecule has 1 unspecified atom stereocenters. The summed E-state index contributed by atoms with van der Waals surface area (Å²) in [5.41, 5.74) is 0.627. The minimum atomic E-state index is -3.65. The first kappa shape index (κ1) is 16.5. The highest BCUT2D eigenvalue weighted by Crippen LogP contribution is 2.26. The van der Waals surface area contributed by atoms with Crippen molar-refractivity contribution in [3.63, 3.8) is 0 Å². The molecule has 19 heavy (non-hydrogen) atoms. The fourth-order valence-electron chi connectivity index (χ4n) is 1.63. The highest BCUT2D eigenvalue weighted by molar-refractivity contribution is 7.89. The van der Waals surface area contributed by atoms with E-state index in [-0.39, 0.29) is 24.2 Å². The minimum Gasteiger partial charge on any atom is -0.391 e. The molecule has 110 valence electrons. The number of nitrogens with one attached hydrogen (secondary N) is 1. The summed E-state index contributed by atoms with van der Waals surface area (Å²) in [6.07, 6.45) is -0.351. The molecule has 0 fully saturated rings. The second-order valence-electron chi connectivity index (χ2n) is 3.99. The van der Waals surface area contributed by atoms with Crippen molar-refractivity contribution in [1.82, 2.24) is 4.72 Å². The molecule has 0 aliphatic heterocycles. The zero-order valence-corrected chi connectivity index (χ0v) is 12.8. The standard InChI is InChI=1S/C11H19NO5S2/c1-8-7-18-10(5-13)11(8)19(14,15)12-4-9(17-3)6-16-2/h7,9,12-13H,4-6H2,1-3H3. The number of thiophene rings is 1. The number of ether oxygens (including phenoxy) is 2. The fraction of sp³-hybridized carbons (Fsp3) is 0.636. The Balaban J connectivity index is 2.83. The largest absolute Gasteiger partial charge is 0.391 e. The van der Waals surface area contributed by atoms with Crippen LogP contribution in [0.15, 0.2) is 10.3 Å². The Hall–Kier alpha value is -0.510. The van der Waals surface area contributed by atoms with Gasteiger partial charge in [0.1, 0.15) is 4.90 Å². The second kappa shape index (κ2) is 7.32. The molecule has 1 heterocycles. The first-order valence-electron chi connectivity index (χ1n) is 5.65. The van der Waals surface area contributed by atoms with E-state index >= 15 is 0 Å². The number of rotatable bonds is 8. The number of aryl methyl sites for hydroxylation is 1. The summed E-state index contributed by atoms with van der Waals surface area (Å²) in [6, 6.07) is 0. The number of aliphatic hydroxyl groups is 1. The van der Waals surface area contributed by atoms with Gasteiger partial charge in [-0.05, 0) is 17.9 Å². The van der Waals surface area contributed by atoms with Crippen LogP contribution in [0.3, 0.4) is 0 Å². The van der Waals surface area contributed by atoms with Crippen molar-refractivity contribution in [2.45, 2.75) is 24.5 Å². The molecule has 6 nitrogen and oxygen atoms in total. The molecule has 0 radical (unpaired) electrons. The SMILES string of the molecule is COCC(CNS(=O)(=O)c1c(C)csc1CO)OC. The Morgan fingerprint density at radius 1 is 1.47 bits per heavy atom. The van der Waals surface area contributed by atoms with Gasteiger partial charge in [0.25, 0.3) is 0 Å². The lowest BCUT2D eigenvalue weighted by Gasteiger charge is -2.15. The fourth-order valence-corrected chi connectivity index (χ4v) is 4.35. The third-order valence-corrected chi connectivity index (χ3v) is 5.46. The molecular weight excluding hydrogens is 290 g/mol. The molecule has 0 amide bonds. The van der Waals surface area contributed by atoms with E-state index in [1.165, 1.54) is 25.6 Å². The van der Waals surface area contributed by atoms with Gasteiger partial charge in [0.05, 0.1) is 24.2 Å². The first-order valence-corrected chi connectivity index (χ1v) is 8.01. The van der Waals surface area contributed by atoms with Gasteiger partial charge in [-0.2, -0.15) is 0 Å². The maximum absolute atomic E-state index is 12.2. The Bertz CT molecular complexity index is 497. The number of hydrogen-bond donors (Lipinski definition) is 2. The molecular formula is C11H19NO5S2. The molecule has 8 heteroatoms. The van der Waals surface area contributed by atoms with Crippen LogP contribution >= 0.6 is 11.3 Å². The Morgan fingerprint density at radius 3 is 2.68 bits per heavy atom.